The van der Waals surface area contributed by atoms with Gasteiger partial charge in [-0.05, 0) is 49.2 Å². The molecule has 2 aromatic carbocycles. The van der Waals surface area contributed by atoms with Gasteiger partial charge in [0.1, 0.15) is 22.6 Å². The molecule has 0 amide bonds. The van der Waals surface area contributed by atoms with Crippen molar-refractivity contribution in [1.82, 2.24) is 0 Å². The Morgan fingerprint density at radius 2 is 0.886 bits per heavy atom. The van der Waals surface area contributed by atoms with Crippen molar-refractivity contribution < 1.29 is 80.1 Å². The van der Waals surface area contributed by atoms with Crippen LogP contribution in [0.4, 0.5) is 26.3 Å². The molecule has 0 fully saturated rings. The summed E-state index contributed by atoms with van der Waals surface area (Å²) in [5.41, 5.74) is -11.6. The molecule has 0 saturated heterocycles. The molecule has 0 atom stereocenters. The molecule has 0 bridgehead atoms. The first-order valence-corrected chi connectivity index (χ1v) is 14.6. The molecule has 244 valence electrons. The molecule has 0 unspecified atom stereocenters. The number of rotatable bonds is 4. The predicted octanol–water partition coefficient (Wildman–Crippen LogP) is 5.02. The number of halogens is 6. The molecule has 0 saturated carbocycles. The lowest BCUT2D eigenvalue weighted by atomic mass is 10.1. The Hall–Kier alpha value is -3.94. The third-order valence-electron chi connectivity index (χ3n) is 5.18. The minimum absolute atomic E-state index is 0.117. The lowest BCUT2D eigenvalue weighted by Crippen LogP contribution is -2.39. The van der Waals surface area contributed by atoms with Crippen LogP contribution in [0.25, 0.3) is 0 Å². The zero-order valence-corrected chi connectivity index (χ0v) is 24.9. The number of cyclic esters (lactones) is 2. The van der Waals surface area contributed by atoms with E-state index in [9.17, 15) is 52.8 Å². The van der Waals surface area contributed by atoms with E-state index in [2.05, 4.69) is 8.37 Å². The number of benzene rings is 2. The van der Waals surface area contributed by atoms with E-state index in [1.165, 1.54) is 53.7 Å². The highest BCUT2D eigenvalue weighted by Gasteiger charge is 2.51. The normalized spacial score (nSPS) is 17.3. The maximum absolute atomic E-state index is 12.4. The summed E-state index contributed by atoms with van der Waals surface area (Å²) in [6.07, 6.45) is 0. The number of fused-ring (bicyclic) bond motifs is 2. The molecule has 0 spiro atoms. The number of hydrogen-bond donors (Lipinski definition) is 0. The fourth-order valence-corrected chi connectivity index (χ4v) is 4.51. The van der Waals surface area contributed by atoms with E-state index in [1.807, 2.05) is 0 Å². The average molecular weight is 681 g/mol. The standard InChI is InChI=1S/2C12H11F3O6S/c2*1-6-4-7-9(10(16)20-11(2,3)19-7)8(5-6)21-22(17,18)12(13,14)15/h2*4-5H,1-3H3. The molecule has 2 heterocycles. The van der Waals surface area contributed by atoms with Gasteiger partial charge >= 0.3 is 43.2 Å². The van der Waals surface area contributed by atoms with Crippen molar-refractivity contribution in [2.45, 2.75) is 64.1 Å². The number of carbonyl (C=O) groups is 2. The largest absolute Gasteiger partial charge is 0.534 e. The van der Waals surface area contributed by atoms with Crippen LogP contribution in [0.3, 0.4) is 0 Å². The molecule has 4 rings (SSSR count). The van der Waals surface area contributed by atoms with Crippen molar-refractivity contribution in [1.29, 1.82) is 0 Å². The summed E-state index contributed by atoms with van der Waals surface area (Å²) >= 11 is 0. The Morgan fingerprint density at radius 3 is 1.16 bits per heavy atom. The molecule has 20 heteroatoms. The SMILES string of the molecule is Cc1cc2c(c(OS(=O)(=O)C(F)(F)F)c1)C(=O)OC(C)(C)O2.Cc1cc2c(c(OS(=O)(=O)C(F)(F)F)c1)C(=O)OC(C)(C)O2. The van der Waals surface area contributed by atoms with E-state index in [4.69, 9.17) is 18.9 Å². The van der Waals surface area contributed by atoms with Crippen molar-refractivity contribution in [3.63, 3.8) is 0 Å². The number of esters is 2. The molecule has 12 nitrogen and oxygen atoms in total. The second kappa shape index (κ2) is 10.9. The second-order valence-corrected chi connectivity index (χ2v) is 13.1. The van der Waals surface area contributed by atoms with E-state index in [0.717, 1.165) is 12.1 Å². The van der Waals surface area contributed by atoms with Gasteiger partial charge in [-0.25, -0.2) is 9.59 Å². The van der Waals surface area contributed by atoms with E-state index in [0.29, 0.717) is 11.1 Å². The maximum atomic E-state index is 12.4. The van der Waals surface area contributed by atoms with Gasteiger partial charge in [-0.1, -0.05) is 0 Å². The fraction of sp³-hybridized carbons (Fsp3) is 0.417. The Morgan fingerprint density at radius 1 is 0.591 bits per heavy atom. The van der Waals surface area contributed by atoms with Crippen LogP contribution < -0.4 is 17.8 Å². The molecular weight excluding hydrogens is 658 g/mol. The van der Waals surface area contributed by atoms with Gasteiger partial charge in [-0.3, -0.25) is 0 Å². The summed E-state index contributed by atoms with van der Waals surface area (Å²) in [6.45, 7) is 8.63. The number of ether oxygens (including phenoxy) is 4. The van der Waals surface area contributed by atoms with Crippen LogP contribution in [0.5, 0.6) is 23.0 Å². The Kier molecular flexibility index (Phi) is 8.56. The molecule has 0 N–H and O–H groups in total. The summed E-state index contributed by atoms with van der Waals surface area (Å²) in [5, 5.41) is 0. The van der Waals surface area contributed by atoms with E-state index < -0.39 is 77.4 Å². The topological polar surface area (TPSA) is 158 Å². The Bertz CT molecular complexity index is 1600. The Balaban J connectivity index is 0.000000240. The summed E-state index contributed by atoms with van der Waals surface area (Å²) in [4.78, 5) is 23.8. The maximum Gasteiger partial charge on any atom is 0.534 e. The minimum Gasteiger partial charge on any atom is -0.452 e. The first kappa shape index (κ1) is 34.5. The highest BCUT2D eigenvalue weighted by molar-refractivity contribution is 7.88. The first-order chi connectivity index (χ1) is 19.6. The monoisotopic (exact) mass is 680 g/mol. The van der Waals surface area contributed by atoms with Gasteiger partial charge in [0.2, 0.25) is 11.6 Å². The van der Waals surface area contributed by atoms with Gasteiger partial charge in [-0.15, -0.1) is 0 Å². The van der Waals surface area contributed by atoms with Crippen molar-refractivity contribution in [2.24, 2.45) is 0 Å². The molecule has 2 aliphatic rings. The summed E-state index contributed by atoms with van der Waals surface area (Å²) in [5.74, 6) is -6.59. The number of aryl methyl sites for hydroxylation is 2. The lowest BCUT2D eigenvalue weighted by Gasteiger charge is -2.32. The van der Waals surface area contributed by atoms with Crippen LogP contribution in [0.15, 0.2) is 24.3 Å². The van der Waals surface area contributed by atoms with Crippen LogP contribution in [0, 0.1) is 13.8 Å². The highest BCUT2D eigenvalue weighted by atomic mass is 32.2. The average Bonchev–Trinajstić information content (AvgIpc) is 2.74. The molecule has 0 aromatic heterocycles. The van der Waals surface area contributed by atoms with Crippen LogP contribution in [-0.2, 0) is 29.7 Å². The second-order valence-electron chi connectivity index (χ2n) is 10.0. The smallest absolute Gasteiger partial charge is 0.452 e. The van der Waals surface area contributed by atoms with Crippen LogP contribution in [0.1, 0.15) is 59.5 Å². The van der Waals surface area contributed by atoms with Gasteiger partial charge in [0.05, 0.1) is 0 Å². The van der Waals surface area contributed by atoms with Gasteiger partial charge in [-0.2, -0.15) is 43.2 Å². The first-order valence-electron chi connectivity index (χ1n) is 11.8. The van der Waals surface area contributed by atoms with E-state index in [-0.39, 0.29) is 11.5 Å². The summed E-state index contributed by atoms with van der Waals surface area (Å²) < 4.78 is 147. The molecular formula is C24H22F6O12S2. The Labute approximate surface area is 246 Å². The third kappa shape index (κ3) is 7.40. The van der Waals surface area contributed by atoms with Crippen molar-refractivity contribution >= 4 is 32.2 Å². The minimum atomic E-state index is -5.92. The predicted molar refractivity (Wildman–Crippen MR) is 134 cm³/mol. The highest BCUT2D eigenvalue weighted by Crippen LogP contribution is 2.41. The molecule has 2 aromatic rings. The fourth-order valence-electron chi connectivity index (χ4n) is 3.59. The van der Waals surface area contributed by atoms with Crippen LogP contribution in [0.2, 0.25) is 0 Å². The summed E-state index contributed by atoms with van der Waals surface area (Å²) in [7, 11) is -11.8. The van der Waals surface area contributed by atoms with Crippen molar-refractivity contribution in [2.75, 3.05) is 0 Å². The van der Waals surface area contributed by atoms with Crippen molar-refractivity contribution in [3.8, 4) is 23.0 Å². The number of alkyl halides is 6. The zero-order chi connectivity index (χ0) is 33.8. The van der Waals surface area contributed by atoms with Crippen LogP contribution in [-0.4, -0.2) is 51.4 Å². The van der Waals surface area contributed by atoms with Gasteiger partial charge < -0.3 is 27.3 Å². The summed E-state index contributed by atoms with van der Waals surface area (Å²) in [6, 6.07) is 4.69. The number of carbonyl (C=O) groups excluding carboxylic acids is 2. The quantitative estimate of drug-likeness (QED) is 0.184. The zero-order valence-electron chi connectivity index (χ0n) is 23.3. The lowest BCUT2D eigenvalue weighted by molar-refractivity contribution is -0.128. The van der Waals surface area contributed by atoms with Gasteiger partial charge in [0.25, 0.3) is 0 Å². The third-order valence-corrected chi connectivity index (χ3v) is 7.12. The van der Waals surface area contributed by atoms with Crippen molar-refractivity contribution in [3.05, 3.63) is 46.5 Å². The van der Waals surface area contributed by atoms with Gasteiger partial charge in [0.15, 0.2) is 11.5 Å². The molecule has 44 heavy (non-hydrogen) atoms. The van der Waals surface area contributed by atoms with Gasteiger partial charge in [0, 0.05) is 27.7 Å². The van der Waals surface area contributed by atoms with E-state index in [1.54, 1.807) is 0 Å². The molecule has 0 radical (unpaired) electrons. The number of hydrogen-bond acceptors (Lipinski definition) is 12. The van der Waals surface area contributed by atoms with Crippen LogP contribution >= 0.6 is 0 Å². The molecule has 0 aliphatic carbocycles. The molecule has 2 aliphatic heterocycles. The van der Waals surface area contributed by atoms with E-state index >= 15 is 0 Å².